The Morgan fingerprint density at radius 1 is 1.26 bits per heavy atom. The molecule has 1 heterocycles. The van der Waals surface area contributed by atoms with Gasteiger partial charge in [-0.1, -0.05) is 17.7 Å². The minimum atomic E-state index is -0.268. The zero-order chi connectivity index (χ0) is 16.4. The summed E-state index contributed by atoms with van der Waals surface area (Å²) >= 11 is 6.08. The number of carbonyl (C=O) groups is 1. The number of piperazine rings is 1. The Hall–Kier alpha value is -1.17. The van der Waals surface area contributed by atoms with Crippen molar-refractivity contribution < 1.29 is 9.18 Å². The standard InChI is InChI=1S/C17H23ClFN3O/c18-15-2-1-3-16(19)14(15)11-21-6-8-22(9-7-21)17(23)12-4-5-13(20)10-12/h1-3,12-13H,4-11,20H2/t12-,13-/m0/s1. The van der Waals surface area contributed by atoms with Gasteiger partial charge in [0.2, 0.25) is 5.91 Å². The van der Waals surface area contributed by atoms with Crippen molar-refractivity contribution >= 4 is 17.5 Å². The summed E-state index contributed by atoms with van der Waals surface area (Å²) < 4.78 is 13.9. The van der Waals surface area contributed by atoms with E-state index in [1.165, 1.54) is 6.07 Å². The fourth-order valence-electron chi connectivity index (χ4n) is 3.53. The Balaban J connectivity index is 1.53. The van der Waals surface area contributed by atoms with Crippen LogP contribution in [0.3, 0.4) is 0 Å². The summed E-state index contributed by atoms with van der Waals surface area (Å²) in [7, 11) is 0. The van der Waals surface area contributed by atoms with Gasteiger partial charge < -0.3 is 10.6 Å². The van der Waals surface area contributed by atoms with Crippen molar-refractivity contribution in [1.82, 2.24) is 9.80 Å². The van der Waals surface area contributed by atoms with E-state index in [1.54, 1.807) is 12.1 Å². The molecule has 0 aromatic heterocycles. The highest BCUT2D eigenvalue weighted by molar-refractivity contribution is 6.31. The van der Waals surface area contributed by atoms with E-state index in [0.29, 0.717) is 30.2 Å². The van der Waals surface area contributed by atoms with Gasteiger partial charge in [-0.2, -0.15) is 0 Å². The molecule has 3 rings (SSSR count). The molecule has 4 nitrogen and oxygen atoms in total. The Morgan fingerprint density at radius 2 is 2.00 bits per heavy atom. The highest BCUT2D eigenvalue weighted by atomic mass is 35.5. The summed E-state index contributed by atoms with van der Waals surface area (Å²) in [5, 5.41) is 0.462. The molecule has 1 saturated carbocycles. The van der Waals surface area contributed by atoms with Crippen LogP contribution in [-0.2, 0) is 11.3 Å². The van der Waals surface area contributed by atoms with E-state index in [0.717, 1.165) is 32.4 Å². The van der Waals surface area contributed by atoms with Crippen LogP contribution >= 0.6 is 11.6 Å². The predicted molar refractivity (Wildman–Crippen MR) is 88.6 cm³/mol. The summed E-state index contributed by atoms with van der Waals surface area (Å²) in [5.41, 5.74) is 6.44. The molecule has 1 aliphatic carbocycles. The average Bonchev–Trinajstić information content (AvgIpc) is 2.97. The van der Waals surface area contributed by atoms with Crippen molar-refractivity contribution in [3.8, 4) is 0 Å². The van der Waals surface area contributed by atoms with Gasteiger partial charge in [0.05, 0.1) is 0 Å². The van der Waals surface area contributed by atoms with Crippen LogP contribution in [0.4, 0.5) is 4.39 Å². The summed E-state index contributed by atoms with van der Waals surface area (Å²) in [5.74, 6) is 0.0648. The normalized spacial score (nSPS) is 25.8. The Labute approximate surface area is 141 Å². The number of nitrogens with two attached hydrogens (primary N) is 1. The smallest absolute Gasteiger partial charge is 0.225 e. The Kier molecular flexibility index (Phi) is 5.19. The lowest BCUT2D eigenvalue weighted by atomic mass is 10.1. The highest BCUT2D eigenvalue weighted by Gasteiger charge is 2.32. The van der Waals surface area contributed by atoms with E-state index in [2.05, 4.69) is 4.90 Å². The van der Waals surface area contributed by atoms with Crippen LogP contribution in [0, 0.1) is 11.7 Å². The first kappa shape index (κ1) is 16.7. The molecular weight excluding hydrogens is 317 g/mol. The molecule has 2 fully saturated rings. The molecule has 2 atom stereocenters. The highest BCUT2D eigenvalue weighted by Crippen LogP contribution is 2.27. The van der Waals surface area contributed by atoms with Gasteiger partial charge >= 0.3 is 0 Å². The van der Waals surface area contributed by atoms with Crippen LogP contribution in [0.5, 0.6) is 0 Å². The van der Waals surface area contributed by atoms with Crippen LogP contribution in [0.25, 0.3) is 0 Å². The molecule has 0 spiro atoms. The lowest BCUT2D eigenvalue weighted by Gasteiger charge is -2.36. The van der Waals surface area contributed by atoms with Crippen LogP contribution in [0.2, 0.25) is 5.02 Å². The molecule has 0 unspecified atom stereocenters. The number of rotatable bonds is 3. The minimum absolute atomic E-state index is 0.0950. The van der Waals surface area contributed by atoms with E-state index in [1.807, 2.05) is 4.90 Å². The number of hydrogen-bond donors (Lipinski definition) is 1. The van der Waals surface area contributed by atoms with Crippen molar-refractivity contribution in [1.29, 1.82) is 0 Å². The lowest BCUT2D eigenvalue weighted by molar-refractivity contribution is -0.137. The van der Waals surface area contributed by atoms with Gasteiger partial charge in [-0.15, -0.1) is 0 Å². The topological polar surface area (TPSA) is 49.6 Å². The minimum Gasteiger partial charge on any atom is -0.340 e. The molecule has 6 heteroatoms. The molecule has 23 heavy (non-hydrogen) atoms. The van der Waals surface area contributed by atoms with E-state index < -0.39 is 0 Å². The summed E-state index contributed by atoms with van der Waals surface area (Å²) in [4.78, 5) is 16.6. The van der Waals surface area contributed by atoms with E-state index in [-0.39, 0.29) is 23.7 Å². The summed E-state index contributed by atoms with van der Waals surface area (Å²) in [6, 6.07) is 4.94. The van der Waals surface area contributed by atoms with Crippen molar-refractivity contribution in [3.05, 3.63) is 34.6 Å². The van der Waals surface area contributed by atoms with Gasteiger partial charge in [-0.05, 0) is 31.4 Å². The number of amides is 1. The molecule has 1 aromatic rings. The maximum absolute atomic E-state index is 13.9. The van der Waals surface area contributed by atoms with E-state index in [9.17, 15) is 9.18 Å². The summed E-state index contributed by atoms with van der Waals surface area (Å²) in [6.07, 6.45) is 2.66. The molecule has 0 radical (unpaired) electrons. The van der Waals surface area contributed by atoms with Crippen molar-refractivity contribution in [3.63, 3.8) is 0 Å². The third kappa shape index (κ3) is 3.84. The largest absolute Gasteiger partial charge is 0.340 e. The first-order valence-corrected chi connectivity index (χ1v) is 8.62. The Bertz CT molecular complexity index is 555. The third-order valence-corrected chi connectivity index (χ3v) is 5.30. The average molecular weight is 340 g/mol. The van der Waals surface area contributed by atoms with Gasteiger partial charge in [-0.25, -0.2) is 4.39 Å². The van der Waals surface area contributed by atoms with Crippen molar-refractivity contribution in [2.45, 2.75) is 31.8 Å². The number of halogens is 2. The van der Waals surface area contributed by atoms with E-state index >= 15 is 0 Å². The molecule has 1 saturated heterocycles. The van der Waals surface area contributed by atoms with Gasteiger partial charge in [0.25, 0.3) is 0 Å². The van der Waals surface area contributed by atoms with Gasteiger partial charge in [0.1, 0.15) is 5.82 Å². The third-order valence-electron chi connectivity index (χ3n) is 4.95. The molecule has 0 bridgehead atoms. The fourth-order valence-corrected chi connectivity index (χ4v) is 3.76. The van der Waals surface area contributed by atoms with E-state index in [4.69, 9.17) is 17.3 Å². The first-order valence-electron chi connectivity index (χ1n) is 8.24. The molecular formula is C17H23ClFN3O. The Morgan fingerprint density at radius 3 is 2.61 bits per heavy atom. The van der Waals surface area contributed by atoms with Crippen LogP contribution < -0.4 is 5.73 Å². The first-order chi connectivity index (χ1) is 11.0. The number of carbonyl (C=O) groups excluding carboxylic acids is 1. The SMILES string of the molecule is N[C@H]1CC[C@H](C(=O)N2CCN(Cc3c(F)cccc3Cl)CC2)C1. The quantitative estimate of drug-likeness (QED) is 0.919. The lowest BCUT2D eigenvalue weighted by Crippen LogP contribution is -2.49. The zero-order valence-electron chi connectivity index (χ0n) is 13.2. The van der Waals surface area contributed by atoms with Crippen LogP contribution in [0.15, 0.2) is 18.2 Å². The molecule has 2 aliphatic rings. The maximum atomic E-state index is 13.9. The van der Waals surface area contributed by atoms with Gasteiger partial charge in [0.15, 0.2) is 0 Å². The molecule has 1 aromatic carbocycles. The fraction of sp³-hybridized carbons (Fsp3) is 0.588. The zero-order valence-corrected chi connectivity index (χ0v) is 13.9. The van der Waals surface area contributed by atoms with Crippen molar-refractivity contribution in [2.24, 2.45) is 11.7 Å². The van der Waals surface area contributed by atoms with Crippen LogP contribution in [-0.4, -0.2) is 47.9 Å². The molecule has 126 valence electrons. The maximum Gasteiger partial charge on any atom is 0.225 e. The van der Waals surface area contributed by atoms with Gasteiger partial charge in [-0.3, -0.25) is 9.69 Å². The number of hydrogen-bond acceptors (Lipinski definition) is 3. The number of nitrogens with zero attached hydrogens (tertiary/aromatic N) is 2. The number of benzene rings is 1. The van der Waals surface area contributed by atoms with Crippen molar-refractivity contribution in [2.75, 3.05) is 26.2 Å². The molecule has 1 aliphatic heterocycles. The summed E-state index contributed by atoms with van der Waals surface area (Å²) in [6.45, 7) is 3.36. The second-order valence-electron chi connectivity index (χ2n) is 6.57. The van der Waals surface area contributed by atoms with Gasteiger partial charge in [0, 0.05) is 55.3 Å². The monoisotopic (exact) mass is 339 g/mol. The predicted octanol–water partition coefficient (Wildman–Crippen LogP) is 2.25. The second kappa shape index (κ2) is 7.16. The van der Waals surface area contributed by atoms with Crippen LogP contribution in [0.1, 0.15) is 24.8 Å². The second-order valence-corrected chi connectivity index (χ2v) is 6.98. The molecule has 2 N–H and O–H groups in total. The molecule has 1 amide bonds.